The Bertz CT molecular complexity index is 662. The minimum absolute atomic E-state index is 0.362. The van der Waals surface area contributed by atoms with Crippen molar-refractivity contribution in [2.24, 2.45) is 5.92 Å². The lowest BCUT2D eigenvalue weighted by molar-refractivity contribution is 0.159. The lowest BCUT2D eigenvalue weighted by atomic mass is 9.98. The number of rotatable bonds is 2. The quantitative estimate of drug-likeness (QED) is 0.905. The summed E-state index contributed by atoms with van der Waals surface area (Å²) in [6, 6.07) is 7.99. The van der Waals surface area contributed by atoms with Crippen LogP contribution in [-0.2, 0) is 0 Å². The third-order valence-corrected chi connectivity index (χ3v) is 4.45. The van der Waals surface area contributed by atoms with Gasteiger partial charge in [0.1, 0.15) is 0 Å². The molecule has 0 fully saturated rings. The van der Waals surface area contributed by atoms with E-state index in [0.29, 0.717) is 12.5 Å². The number of benzene rings is 1. The van der Waals surface area contributed by atoms with Gasteiger partial charge in [-0.15, -0.1) is 11.3 Å². The van der Waals surface area contributed by atoms with Crippen LogP contribution in [0.4, 0.5) is 4.79 Å². The van der Waals surface area contributed by atoms with E-state index in [4.69, 9.17) is 0 Å². The smallest absolute Gasteiger partial charge is 0.411 e. The topological polar surface area (TPSA) is 53.4 Å². The molecule has 21 heavy (non-hydrogen) atoms. The zero-order valence-corrected chi connectivity index (χ0v) is 12.5. The lowest BCUT2D eigenvalue weighted by Crippen LogP contribution is -2.34. The van der Waals surface area contributed by atoms with Crippen LogP contribution >= 0.6 is 11.3 Å². The molecule has 0 saturated carbocycles. The van der Waals surface area contributed by atoms with E-state index in [-0.39, 0.29) is 0 Å². The molecular formula is C16H16N2O2S. The van der Waals surface area contributed by atoms with Gasteiger partial charge in [0.05, 0.1) is 16.1 Å². The molecule has 1 aliphatic heterocycles. The predicted octanol–water partition coefficient (Wildman–Crippen LogP) is 4.17. The fourth-order valence-electron chi connectivity index (χ4n) is 2.53. The number of nitrogens with zero attached hydrogens (tertiary/aromatic N) is 2. The summed E-state index contributed by atoms with van der Waals surface area (Å²) in [7, 11) is 0. The Balaban J connectivity index is 1.91. The van der Waals surface area contributed by atoms with E-state index < -0.39 is 6.09 Å². The number of thiazole rings is 1. The summed E-state index contributed by atoms with van der Waals surface area (Å²) in [4.78, 5) is 18.0. The van der Waals surface area contributed by atoms with E-state index in [9.17, 15) is 9.90 Å². The normalized spacial score (nSPS) is 18.4. The third kappa shape index (κ3) is 2.83. The summed E-state index contributed by atoms with van der Waals surface area (Å²) in [5.41, 5.74) is 4.64. The van der Waals surface area contributed by atoms with Crippen LogP contribution in [0.3, 0.4) is 0 Å². The van der Waals surface area contributed by atoms with Crippen LogP contribution in [0.15, 0.2) is 42.0 Å². The highest BCUT2D eigenvalue weighted by Crippen LogP contribution is 2.30. The van der Waals surface area contributed by atoms with Crippen LogP contribution in [0.1, 0.15) is 18.9 Å². The Kier molecular flexibility index (Phi) is 3.75. The summed E-state index contributed by atoms with van der Waals surface area (Å²) in [6.45, 7) is 2.62. The number of amides is 1. The van der Waals surface area contributed by atoms with Crippen molar-refractivity contribution in [1.82, 2.24) is 9.88 Å². The average molecular weight is 300 g/mol. The van der Waals surface area contributed by atoms with Gasteiger partial charge in [-0.3, -0.25) is 9.88 Å². The van der Waals surface area contributed by atoms with E-state index in [1.807, 2.05) is 36.5 Å². The summed E-state index contributed by atoms with van der Waals surface area (Å²) in [5, 5.41) is 9.37. The van der Waals surface area contributed by atoms with Crippen molar-refractivity contribution in [3.8, 4) is 10.4 Å². The molecule has 1 atom stereocenters. The minimum Gasteiger partial charge on any atom is -0.465 e. The fraction of sp³-hybridized carbons (Fsp3) is 0.250. The molecule has 108 valence electrons. The summed E-state index contributed by atoms with van der Waals surface area (Å²) >= 11 is 1.59. The number of aromatic nitrogens is 1. The first-order valence-corrected chi connectivity index (χ1v) is 7.73. The summed E-state index contributed by atoms with van der Waals surface area (Å²) in [5.74, 6) is 0.362. The fourth-order valence-corrected chi connectivity index (χ4v) is 3.16. The molecule has 0 spiro atoms. The number of allylic oxidation sites excluding steroid dienone is 1. The van der Waals surface area contributed by atoms with E-state index in [1.54, 1.807) is 16.8 Å². The molecule has 0 radical (unpaired) electrons. The van der Waals surface area contributed by atoms with Crippen molar-refractivity contribution in [3.63, 3.8) is 0 Å². The predicted molar refractivity (Wildman–Crippen MR) is 84.0 cm³/mol. The van der Waals surface area contributed by atoms with Crippen LogP contribution in [-0.4, -0.2) is 27.6 Å². The first-order valence-electron chi connectivity index (χ1n) is 6.85. The molecular weight excluding hydrogens is 284 g/mol. The Labute approximate surface area is 127 Å². The molecule has 0 saturated heterocycles. The number of hydrogen-bond acceptors (Lipinski definition) is 3. The molecule has 0 aliphatic carbocycles. The van der Waals surface area contributed by atoms with E-state index in [2.05, 4.69) is 11.9 Å². The molecule has 0 bridgehead atoms. The van der Waals surface area contributed by atoms with E-state index in [0.717, 1.165) is 28.1 Å². The molecule has 1 unspecified atom stereocenters. The van der Waals surface area contributed by atoms with Gasteiger partial charge >= 0.3 is 6.09 Å². The second-order valence-corrected chi connectivity index (χ2v) is 6.15. The Morgan fingerprint density at radius 3 is 2.67 bits per heavy atom. The van der Waals surface area contributed by atoms with Crippen LogP contribution in [0.2, 0.25) is 0 Å². The molecule has 1 aromatic carbocycles. The van der Waals surface area contributed by atoms with Gasteiger partial charge < -0.3 is 5.11 Å². The highest BCUT2D eigenvalue weighted by Gasteiger charge is 2.24. The molecule has 1 amide bonds. The SMILES string of the molecule is CC1CC=C(c2ccc(-c3cncs3)cc2)N(C(=O)O)C1. The van der Waals surface area contributed by atoms with Crippen molar-refractivity contribution in [1.29, 1.82) is 0 Å². The van der Waals surface area contributed by atoms with Gasteiger partial charge in [0.2, 0.25) is 0 Å². The maximum Gasteiger partial charge on any atom is 0.411 e. The van der Waals surface area contributed by atoms with Crippen molar-refractivity contribution >= 4 is 23.1 Å². The van der Waals surface area contributed by atoms with Crippen LogP contribution in [0, 0.1) is 5.92 Å². The second kappa shape index (κ2) is 5.69. The van der Waals surface area contributed by atoms with E-state index >= 15 is 0 Å². The highest BCUT2D eigenvalue weighted by molar-refractivity contribution is 7.13. The van der Waals surface area contributed by atoms with Crippen LogP contribution in [0.5, 0.6) is 0 Å². The first kappa shape index (κ1) is 13.8. The van der Waals surface area contributed by atoms with Crippen molar-refractivity contribution < 1.29 is 9.90 Å². The molecule has 1 N–H and O–H groups in total. The van der Waals surface area contributed by atoms with Crippen LogP contribution in [0.25, 0.3) is 16.1 Å². The molecule has 2 heterocycles. The van der Waals surface area contributed by atoms with E-state index in [1.165, 1.54) is 4.90 Å². The van der Waals surface area contributed by atoms with Gasteiger partial charge in [-0.1, -0.05) is 37.3 Å². The number of hydrogen-bond donors (Lipinski definition) is 1. The Morgan fingerprint density at radius 2 is 2.05 bits per heavy atom. The highest BCUT2D eigenvalue weighted by atomic mass is 32.1. The molecule has 2 aromatic rings. The maximum atomic E-state index is 11.4. The largest absolute Gasteiger partial charge is 0.465 e. The van der Waals surface area contributed by atoms with Crippen molar-refractivity contribution in [2.45, 2.75) is 13.3 Å². The van der Waals surface area contributed by atoms with Gasteiger partial charge in [-0.25, -0.2) is 4.79 Å². The molecule has 5 heteroatoms. The number of carboxylic acid groups (broad SMARTS) is 1. The van der Waals surface area contributed by atoms with Crippen molar-refractivity contribution in [2.75, 3.05) is 6.54 Å². The summed E-state index contributed by atoms with van der Waals surface area (Å²) < 4.78 is 0. The molecule has 1 aliphatic rings. The van der Waals surface area contributed by atoms with Gasteiger partial charge in [-0.05, 0) is 23.5 Å². The third-order valence-electron chi connectivity index (χ3n) is 3.63. The van der Waals surface area contributed by atoms with Gasteiger partial charge in [0, 0.05) is 12.7 Å². The standard InChI is InChI=1S/C16H16N2O2S/c1-11-2-7-14(18(9-11)16(19)20)12-3-5-13(6-4-12)15-8-17-10-21-15/h3-8,10-11H,2,9H2,1H3,(H,19,20). The number of carbonyl (C=O) groups is 1. The molecule has 1 aromatic heterocycles. The van der Waals surface area contributed by atoms with Crippen LogP contribution < -0.4 is 0 Å². The minimum atomic E-state index is -0.890. The lowest BCUT2D eigenvalue weighted by Gasteiger charge is -2.30. The monoisotopic (exact) mass is 300 g/mol. The van der Waals surface area contributed by atoms with Gasteiger partial charge in [0.15, 0.2) is 0 Å². The first-order chi connectivity index (χ1) is 10.1. The Hall–Kier alpha value is -2.14. The van der Waals surface area contributed by atoms with Gasteiger partial charge in [0.25, 0.3) is 0 Å². The zero-order chi connectivity index (χ0) is 14.8. The molecule has 3 rings (SSSR count). The Morgan fingerprint density at radius 1 is 1.33 bits per heavy atom. The average Bonchev–Trinajstić information content (AvgIpc) is 3.01. The molecule has 4 nitrogen and oxygen atoms in total. The van der Waals surface area contributed by atoms with Gasteiger partial charge in [-0.2, -0.15) is 0 Å². The summed E-state index contributed by atoms with van der Waals surface area (Å²) in [6.07, 6.45) is 3.88. The maximum absolute atomic E-state index is 11.4. The zero-order valence-electron chi connectivity index (χ0n) is 11.7. The van der Waals surface area contributed by atoms with Crippen molar-refractivity contribution in [3.05, 3.63) is 47.6 Å². The second-order valence-electron chi connectivity index (χ2n) is 5.27.